The van der Waals surface area contributed by atoms with Crippen LogP contribution in [0.4, 0.5) is 0 Å². The lowest BCUT2D eigenvalue weighted by Crippen LogP contribution is -2.00. The zero-order valence-electron chi connectivity index (χ0n) is 18.9. The molecule has 5 aromatic rings. The van der Waals surface area contributed by atoms with Gasteiger partial charge in [-0.2, -0.15) is 0 Å². The summed E-state index contributed by atoms with van der Waals surface area (Å²) in [5.74, 6) is 3.10. The molecule has 0 bridgehead atoms. The van der Waals surface area contributed by atoms with Crippen LogP contribution < -0.4 is 4.74 Å². The Balaban J connectivity index is 1.45. The van der Waals surface area contributed by atoms with Crippen molar-refractivity contribution < 1.29 is 9.15 Å². The second kappa shape index (κ2) is 9.93. The van der Waals surface area contributed by atoms with E-state index in [0.29, 0.717) is 24.1 Å². The smallest absolute Gasteiger partial charge is 0.247 e. The van der Waals surface area contributed by atoms with E-state index in [1.807, 2.05) is 78.2 Å². The summed E-state index contributed by atoms with van der Waals surface area (Å²) in [5.41, 5.74) is 4.00. The minimum absolute atomic E-state index is 0.475. The summed E-state index contributed by atoms with van der Waals surface area (Å²) in [4.78, 5) is 0. The molecule has 0 radical (unpaired) electrons. The zero-order valence-corrected chi connectivity index (χ0v) is 19.7. The van der Waals surface area contributed by atoms with Gasteiger partial charge in [0.1, 0.15) is 5.75 Å². The highest BCUT2D eigenvalue weighted by molar-refractivity contribution is 7.98. The average molecular weight is 470 g/mol. The summed E-state index contributed by atoms with van der Waals surface area (Å²) < 4.78 is 13.5. The highest BCUT2D eigenvalue weighted by Gasteiger charge is 2.18. The van der Waals surface area contributed by atoms with Crippen LogP contribution in [0.25, 0.3) is 28.5 Å². The average Bonchev–Trinajstić information content (AvgIpc) is 3.51. The molecule has 0 aliphatic carbocycles. The molecule has 0 amide bonds. The van der Waals surface area contributed by atoms with Crippen molar-refractivity contribution in [2.45, 2.75) is 24.8 Å². The fraction of sp³-hybridized carbons (Fsp3) is 0.154. The quantitative estimate of drug-likeness (QED) is 0.259. The van der Waals surface area contributed by atoms with E-state index in [0.717, 1.165) is 39.1 Å². The predicted molar refractivity (Wildman–Crippen MR) is 132 cm³/mol. The largest absolute Gasteiger partial charge is 0.494 e. The number of hydrogen-bond acceptors (Lipinski definition) is 7. The van der Waals surface area contributed by atoms with Gasteiger partial charge in [0.05, 0.1) is 12.4 Å². The first kappa shape index (κ1) is 21.9. The number of ether oxygens (including phenoxy) is 1. The van der Waals surface area contributed by atoms with Crippen molar-refractivity contribution in [3.05, 3.63) is 90.3 Å². The Morgan fingerprint density at radius 3 is 2.41 bits per heavy atom. The monoisotopic (exact) mass is 469 g/mol. The SMILES string of the molecule is CCOc1ccc(-n2c(SCc3nnc(-c4ccccc4)o3)nnc2-c2cccc(C)c2)cc1. The third kappa shape index (κ3) is 4.72. The molecule has 0 saturated carbocycles. The minimum Gasteiger partial charge on any atom is -0.494 e. The topological polar surface area (TPSA) is 78.9 Å². The molecule has 2 aromatic heterocycles. The van der Waals surface area contributed by atoms with Crippen molar-refractivity contribution in [1.29, 1.82) is 0 Å². The summed E-state index contributed by atoms with van der Waals surface area (Å²) in [6, 6.07) is 25.9. The van der Waals surface area contributed by atoms with Crippen molar-refractivity contribution in [1.82, 2.24) is 25.0 Å². The predicted octanol–water partition coefficient (Wildman–Crippen LogP) is 5.98. The fourth-order valence-corrected chi connectivity index (χ4v) is 4.35. The first-order valence-corrected chi connectivity index (χ1v) is 12.0. The molecule has 170 valence electrons. The minimum atomic E-state index is 0.475. The Hall–Kier alpha value is -3.91. The van der Waals surface area contributed by atoms with Crippen LogP contribution in [0.1, 0.15) is 18.4 Å². The van der Waals surface area contributed by atoms with E-state index >= 15 is 0 Å². The Kier molecular flexibility index (Phi) is 6.40. The van der Waals surface area contributed by atoms with E-state index in [1.165, 1.54) is 11.8 Å². The van der Waals surface area contributed by atoms with Crippen LogP contribution in [-0.2, 0) is 5.75 Å². The van der Waals surface area contributed by atoms with E-state index < -0.39 is 0 Å². The molecule has 0 aliphatic heterocycles. The lowest BCUT2D eigenvalue weighted by atomic mass is 10.1. The summed E-state index contributed by atoms with van der Waals surface area (Å²) in [6.07, 6.45) is 0. The van der Waals surface area contributed by atoms with Crippen LogP contribution in [0.3, 0.4) is 0 Å². The first-order chi connectivity index (χ1) is 16.7. The molecular weight excluding hydrogens is 446 g/mol. The number of aromatic nitrogens is 5. The Morgan fingerprint density at radius 1 is 0.853 bits per heavy atom. The van der Waals surface area contributed by atoms with Gasteiger partial charge < -0.3 is 9.15 Å². The van der Waals surface area contributed by atoms with Gasteiger partial charge in [-0.05, 0) is 56.3 Å². The second-order valence-corrected chi connectivity index (χ2v) is 8.54. The summed E-state index contributed by atoms with van der Waals surface area (Å²) in [7, 11) is 0. The molecule has 7 nitrogen and oxygen atoms in total. The summed E-state index contributed by atoms with van der Waals surface area (Å²) >= 11 is 1.50. The molecule has 8 heteroatoms. The van der Waals surface area contributed by atoms with Crippen molar-refractivity contribution >= 4 is 11.8 Å². The number of aryl methyl sites for hydroxylation is 1. The van der Waals surface area contributed by atoms with Crippen LogP contribution >= 0.6 is 11.8 Å². The highest BCUT2D eigenvalue weighted by Crippen LogP contribution is 2.31. The van der Waals surface area contributed by atoms with Crippen molar-refractivity contribution in [2.24, 2.45) is 0 Å². The first-order valence-electron chi connectivity index (χ1n) is 11.0. The Labute approximate surface area is 201 Å². The van der Waals surface area contributed by atoms with E-state index in [2.05, 4.69) is 39.5 Å². The van der Waals surface area contributed by atoms with Crippen LogP contribution in [0, 0.1) is 6.92 Å². The van der Waals surface area contributed by atoms with Gasteiger partial charge in [0.25, 0.3) is 0 Å². The lowest BCUT2D eigenvalue weighted by Gasteiger charge is -2.11. The van der Waals surface area contributed by atoms with Gasteiger partial charge in [-0.3, -0.25) is 4.57 Å². The molecule has 0 saturated heterocycles. The van der Waals surface area contributed by atoms with Gasteiger partial charge in [-0.15, -0.1) is 20.4 Å². The van der Waals surface area contributed by atoms with Gasteiger partial charge in [-0.25, -0.2) is 0 Å². The number of hydrogen-bond donors (Lipinski definition) is 0. The summed E-state index contributed by atoms with van der Waals surface area (Å²) in [6.45, 7) is 4.66. The molecule has 0 fully saturated rings. The standard InChI is InChI=1S/C26H23N5O2S/c1-3-32-22-14-12-21(13-15-22)31-24(20-11-7-8-18(2)16-20)28-30-26(31)34-17-23-27-29-25(33-23)19-9-5-4-6-10-19/h4-16H,3,17H2,1-2H3. The molecule has 5 rings (SSSR count). The molecule has 0 atom stereocenters. The third-order valence-corrected chi connectivity index (χ3v) is 6.04. The fourth-order valence-electron chi connectivity index (χ4n) is 3.56. The molecule has 34 heavy (non-hydrogen) atoms. The second-order valence-electron chi connectivity index (χ2n) is 7.59. The van der Waals surface area contributed by atoms with Crippen LogP contribution in [0.2, 0.25) is 0 Å². The van der Waals surface area contributed by atoms with Crippen LogP contribution in [-0.4, -0.2) is 31.6 Å². The Morgan fingerprint density at radius 2 is 1.65 bits per heavy atom. The third-order valence-electron chi connectivity index (χ3n) is 5.13. The highest BCUT2D eigenvalue weighted by atomic mass is 32.2. The summed E-state index contributed by atoms with van der Waals surface area (Å²) in [5, 5.41) is 18.1. The molecule has 0 N–H and O–H groups in total. The van der Waals surface area contributed by atoms with Gasteiger partial charge in [0.15, 0.2) is 11.0 Å². The Bertz CT molecular complexity index is 1380. The van der Waals surface area contributed by atoms with Gasteiger partial charge in [0, 0.05) is 16.8 Å². The van der Waals surface area contributed by atoms with Crippen molar-refractivity contribution in [3.63, 3.8) is 0 Å². The normalized spacial score (nSPS) is 11.0. The van der Waals surface area contributed by atoms with E-state index in [-0.39, 0.29) is 0 Å². The number of nitrogens with zero attached hydrogens (tertiary/aromatic N) is 5. The molecule has 0 aliphatic rings. The maximum Gasteiger partial charge on any atom is 0.247 e. The molecule has 0 unspecified atom stereocenters. The van der Waals surface area contributed by atoms with Crippen LogP contribution in [0.15, 0.2) is 88.4 Å². The molecular formula is C26H23N5O2S. The van der Waals surface area contributed by atoms with Crippen molar-refractivity contribution in [3.8, 4) is 34.3 Å². The number of rotatable bonds is 8. The van der Waals surface area contributed by atoms with E-state index in [4.69, 9.17) is 9.15 Å². The zero-order chi connectivity index (χ0) is 23.3. The maximum absolute atomic E-state index is 5.87. The van der Waals surface area contributed by atoms with Gasteiger partial charge >= 0.3 is 0 Å². The van der Waals surface area contributed by atoms with Crippen molar-refractivity contribution in [2.75, 3.05) is 6.61 Å². The number of thioether (sulfide) groups is 1. The van der Waals surface area contributed by atoms with E-state index in [9.17, 15) is 0 Å². The molecule has 0 spiro atoms. The van der Waals surface area contributed by atoms with E-state index in [1.54, 1.807) is 0 Å². The molecule has 2 heterocycles. The maximum atomic E-state index is 5.87. The van der Waals surface area contributed by atoms with Crippen LogP contribution in [0.5, 0.6) is 5.75 Å². The van der Waals surface area contributed by atoms with Gasteiger partial charge in [-0.1, -0.05) is 53.7 Å². The lowest BCUT2D eigenvalue weighted by molar-refractivity contribution is 0.340. The van der Waals surface area contributed by atoms with Gasteiger partial charge in [0.2, 0.25) is 11.8 Å². The molecule has 3 aromatic carbocycles. The number of benzene rings is 3.